The lowest BCUT2D eigenvalue weighted by molar-refractivity contribution is -0.136. The fourth-order valence-corrected chi connectivity index (χ4v) is 5.23. The number of amides is 3. The third-order valence-electron chi connectivity index (χ3n) is 6.08. The SMILES string of the molecule is CN1C=C2C(=O)N(C3CCN(C(=O)[C@H](NC(=O)O)C(C)(C)CC(C)(C)C)C3)CN2C1. The van der Waals surface area contributed by atoms with Gasteiger partial charge in [0.1, 0.15) is 11.7 Å². The fourth-order valence-electron chi connectivity index (χ4n) is 5.23. The Balaban J connectivity index is 1.70. The summed E-state index contributed by atoms with van der Waals surface area (Å²) in [6.07, 6.45) is 2.06. The van der Waals surface area contributed by atoms with Crippen molar-refractivity contribution < 1.29 is 19.5 Å². The van der Waals surface area contributed by atoms with E-state index in [1.165, 1.54) is 0 Å². The highest BCUT2D eigenvalue weighted by atomic mass is 16.4. The van der Waals surface area contributed by atoms with Crippen molar-refractivity contribution in [2.24, 2.45) is 10.8 Å². The van der Waals surface area contributed by atoms with Crippen LogP contribution < -0.4 is 5.32 Å². The smallest absolute Gasteiger partial charge is 0.405 e. The molecule has 0 saturated carbocycles. The Bertz CT molecular complexity index is 757. The standard InChI is InChI=1S/C21H35N5O4/c1-20(2,3)11-21(4,5)16(22-19(29)30)18(28)24-8-7-14(9-24)26-13-25-12-23(6)10-15(25)17(26)27/h10,14,16,22H,7-9,11-13H2,1-6H3,(H,29,30)/t14?,16-/m0/s1. The van der Waals surface area contributed by atoms with Gasteiger partial charge in [0.25, 0.3) is 5.91 Å². The number of carbonyl (C=O) groups excluding carboxylic acids is 2. The summed E-state index contributed by atoms with van der Waals surface area (Å²) in [4.78, 5) is 45.2. The minimum Gasteiger partial charge on any atom is -0.465 e. The number of nitrogens with zero attached hydrogens (tertiary/aromatic N) is 4. The highest BCUT2D eigenvalue weighted by Crippen LogP contribution is 2.37. The molecule has 0 radical (unpaired) electrons. The molecule has 2 atom stereocenters. The highest BCUT2D eigenvalue weighted by molar-refractivity contribution is 5.95. The van der Waals surface area contributed by atoms with Gasteiger partial charge in [-0.15, -0.1) is 0 Å². The first kappa shape index (κ1) is 22.2. The van der Waals surface area contributed by atoms with E-state index >= 15 is 0 Å². The zero-order valence-electron chi connectivity index (χ0n) is 18.9. The molecule has 0 spiro atoms. The van der Waals surface area contributed by atoms with E-state index in [2.05, 4.69) is 26.1 Å². The Kier molecular flexibility index (Phi) is 5.68. The summed E-state index contributed by atoms with van der Waals surface area (Å²) >= 11 is 0. The van der Waals surface area contributed by atoms with Gasteiger partial charge in [0.05, 0.1) is 19.4 Å². The summed E-state index contributed by atoms with van der Waals surface area (Å²) in [7, 11) is 1.94. The molecule has 3 heterocycles. The number of nitrogens with one attached hydrogen (secondary N) is 1. The average Bonchev–Trinajstić information content (AvgIpc) is 3.26. The van der Waals surface area contributed by atoms with Crippen molar-refractivity contribution in [1.82, 2.24) is 24.9 Å². The topological polar surface area (TPSA) is 96.4 Å². The summed E-state index contributed by atoms with van der Waals surface area (Å²) < 4.78 is 0. The molecule has 3 rings (SSSR count). The number of likely N-dealkylation sites (tertiary alicyclic amines) is 1. The van der Waals surface area contributed by atoms with Crippen LogP contribution in [0.4, 0.5) is 4.79 Å². The van der Waals surface area contributed by atoms with Crippen LogP contribution in [0.1, 0.15) is 47.5 Å². The van der Waals surface area contributed by atoms with Crippen LogP contribution in [0.15, 0.2) is 11.9 Å². The molecule has 2 fully saturated rings. The number of hydrogen-bond acceptors (Lipinski definition) is 5. The van der Waals surface area contributed by atoms with Gasteiger partial charge in [-0.2, -0.15) is 0 Å². The Hall–Kier alpha value is -2.45. The van der Waals surface area contributed by atoms with Gasteiger partial charge in [-0.05, 0) is 23.7 Å². The Morgan fingerprint density at radius 2 is 1.90 bits per heavy atom. The number of carbonyl (C=O) groups is 3. The van der Waals surface area contributed by atoms with Gasteiger partial charge in [0, 0.05) is 26.3 Å². The van der Waals surface area contributed by atoms with Crippen molar-refractivity contribution in [1.29, 1.82) is 0 Å². The average molecular weight is 422 g/mol. The monoisotopic (exact) mass is 421 g/mol. The van der Waals surface area contributed by atoms with E-state index in [-0.39, 0.29) is 23.3 Å². The molecule has 0 aromatic heterocycles. The fraction of sp³-hybridized carbons (Fsp3) is 0.762. The quantitative estimate of drug-likeness (QED) is 0.699. The molecule has 0 aliphatic carbocycles. The number of carboxylic acid groups (broad SMARTS) is 1. The summed E-state index contributed by atoms with van der Waals surface area (Å²) in [6.45, 7) is 12.3. The molecular formula is C21H35N5O4. The van der Waals surface area contributed by atoms with Crippen LogP contribution in [-0.4, -0.2) is 88.2 Å². The second kappa shape index (κ2) is 7.67. The van der Waals surface area contributed by atoms with Gasteiger partial charge >= 0.3 is 6.09 Å². The molecule has 3 aliphatic heterocycles. The molecule has 3 aliphatic rings. The second-order valence-electron chi connectivity index (χ2n) is 10.7. The van der Waals surface area contributed by atoms with Crippen LogP contribution in [0.25, 0.3) is 0 Å². The molecule has 1 unspecified atom stereocenters. The van der Waals surface area contributed by atoms with E-state index in [0.717, 1.165) is 0 Å². The maximum atomic E-state index is 13.4. The normalized spacial score (nSPS) is 23.1. The zero-order valence-corrected chi connectivity index (χ0v) is 18.9. The Morgan fingerprint density at radius 1 is 1.23 bits per heavy atom. The van der Waals surface area contributed by atoms with Crippen molar-refractivity contribution >= 4 is 17.9 Å². The molecule has 0 aromatic rings. The lowest BCUT2D eigenvalue weighted by atomic mass is 9.71. The van der Waals surface area contributed by atoms with Crippen molar-refractivity contribution in [3.8, 4) is 0 Å². The first-order valence-electron chi connectivity index (χ1n) is 10.5. The van der Waals surface area contributed by atoms with Gasteiger partial charge in [0.2, 0.25) is 5.91 Å². The lowest BCUT2D eigenvalue weighted by Crippen LogP contribution is -2.56. The van der Waals surface area contributed by atoms with Gasteiger partial charge in [-0.1, -0.05) is 34.6 Å². The van der Waals surface area contributed by atoms with E-state index < -0.39 is 17.6 Å². The van der Waals surface area contributed by atoms with E-state index in [9.17, 15) is 19.5 Å². The van der Waals surface area contributed by atoms with Crippen LogP contribution in [0.3, 0.4) is 0 Å². The van der Waals surface area contributed by atoms with Crippen LogP contribution in [-0.2, 0) is 9.59 Å². The van der Waals surface area contributed by atoms with Gasteiger partial charge in [-0.25, -0.2) is 4.79 Å². The molecular weight excluding hydrogens is 386 g/mol. The number of fused-ring (bicyclic) bond motifs is 1. The maximum Gasteiger partial charge on any atom is 0.405 e. The number of hydrogen-bond donors (Lipinski definition) is 2. The Labute approximate surface area is 178 Å². The zero-order chi connectivity index (χ0) is 22.4. The van der Waals surface area contributed by atoms with Gasteiger partial charge in [0.15, 0.2) is 0 Å². The summed E-state index contributed by atoms with van der Waals surface area (Å²) in [6, 6.07) is -0.879. The highest BCUT2D eigenvalue weighted by Gasteiger charge is 2.46. The molecule has 30 heavy (non-hydrogen) atoms. The van der Waals surface area contributed by atoms with E-state index in [1.807, 2.05) is 41.8 Å². The summed E-state index contributed by atoms with van der Waals surface area (Å²) in [5, 5.41) is 11.8. The molecule has 2 saturated heterocycles. The third-order valence-corrected chi connectivity index (χ3v) is 6.08. The van der Waals surface area contributed by atoms with Gasteiger partial charge < -0.3 is 30.0 Å². The molecule has 3 amide bonds. The molecule has 2 N–H and O–H groups in total. The Morgan fingerprint density at radius 3 is 2.47 bits per heavy atom. The second-order valence-corrected chi connectivity index (χ2v) is 10.7. The van der Waals surface area contributed by atoms with E-state index in [0.29, 0.717) is 45.0 Å². The maximum absolute atomic E-state index is 13.4. The lowest BCUT2D eigenvalue weighted by Gasteiger charge is -2.39. The molecule has 0 aromatic carbocycles. The molecule has 0 bridgehead atoms. The van der Waals surface area contributed by atoms with Gasteiger partial charge in [-0.3, -0.25) is 9.59 Å². The van der Waals surface area contributed by atoms with Crippen LogP contribution >= 0.6 is 0 Å². The predicted octanol–water partition coefficient (Wildman–Crippen LogP) is 1.53. The summed E-state index contributed by atoms with van der Waals surface area (Å²) in [5.41, 5.74) is 0.108. The minimum atomic E-state index is -1.20. The first-order valence-corrected chi connectivity index (χ1v) is 10.5. The van der Waals surface area contributed by atoms with Crippen LogP contribution in [0.5, 0.6) is 0 Å². The van der Waals surface area contributed by atoms with Crippen LogP contribution in [0, 0.1) is 10.8 Å². The largest absolute Gasteiger partial charge is 0.465 e. The minimum absolute atomic E-state index is 0.00641. The molecule has 168 valence electrons. The van der Waals surface area contributed by atoms with Crippen molar-refractivity contribution in [3.63, 3.8) is 0 Å². The van der Waals surface area contributed by atoms with E-state index in [4.69, 9.17) is 0 Å². The first-order chi connectivity index (χ1) is 13.8. The van der Waals surface area contributed by atoms with Crippen LogP contribution in [0.2, 0.25) is 0 Å². The predicted molar refractivity (Wildman–Crippen MR) is 112 cm³/mol. The van der Waals surface area contributed by atoms with Crippen molar-refractivity contribution in [2.75, 3.05) is 33.5 Å². The summed E-state index contributed by atoms with van der Waals surface area (Å²) in [5.74, 6) is -0.202. The van der Waals surface area contributed by atoms with Crippen molar-refractivity contribution in [2.45, 2.75) is 59.5 Å². The molecule has 9 nitrogen and oxygen atoms in total. The molecule has 9 heteroatoms. The number of rotatable bonds is 5. The van der Waals surface area contributed by atoms with E-state index in [1.54, 1.807) is 4.90 Å². The van der Waals surface area contributed by atoms with Crippen molar-refractivity contribution in [3.05, 3.63) is 11.9 Å². The third kappa shape index (κ3) is 4.49.